The highest BCUT2D eigenvalue weighted by molar-refractivity contribution is 7.89. The third-order valence-electron chi connectivity index (χ3n) is 6.60. The number of amides is 2. The summed E-state index contributed by atoms with van der Waals surface area (Å²) in [5, 5.41) is 0.643. The van der Waals surface area contributed by atoms with Crippen LogP contribution in [0.1, 0.15) is 29.9 Å². The Kier molecular flexibility index (Phi) is 7.59. The average molecular weight is 500 g/mol. The van der Waals surface area contributed by atoms with Gasteiger partial charge in [-0.05, 0) is 48.4 Å². The maximum atomic E-state index is 13.1. The first-order valence-electron chi connectivity index (χ1n) is 11.2. The number of morpholine rings is 1. The number of sulfonamides is 1. The van der Waals surface area contributed by atoms with Crippen molar-refractivity contribution in [2.45, 2.75) is 37.3 Å². The monoisotopic (exact) mass is 499 g/mol. The summed E-state index contributed by atoms with van der Waals surface area (Å²) < 4.78 is 39.0. The predicted molar refractivity (Wildman–Crippen MR) is 123 cm³/mol. The molecule has 0 spiro atoms. The Morgan fingerprint density at radius 3 is 2.76 bits per heavy atom. The molecule has 1 unspecified atom stereocenters. The first-order valence-corrected chi connectivity index (χ1v) is 13.3. The van der Waals surface area contributed by atoms with Crippen LogP contribution in [0.2, 0.25) is 5.02 Å². The van der Waals surface area contributed by atoms with E-state index in [0.29, 0.717) is 44.3 Å². The van der Waals surface area contributed by atoms with Crippen molar-refractivity contribution < 1.29 is 27.5 Å². The van der Waals surface area contributed by atoms with Crippen LogP contribution in [0.15, 0.2) is 18.2 Å². The molecule has 2 saturated heterocycles. The summed E-state index contributed by atoms with van der Waals surface area (Å²) in [5.41, 5.74) is 2.08. The van der Waals surface area contributed by atoms with Gasteiger partial charge in [0.15, 0.2) is 0 Å². The summed E-state index contributed by atoms with van der Waals surface area (Å²) >= 11 is 6.05. The number of likely N-dealkylation sites (tertiary alicyclic amines) is 1. The summed E-state index contributed by atoms with van der Waals surface area (Å²) in [6.07, 6.45) is 1.82. The maximum absolute atomic E-state index is 13.1. The number of aryl methyl sites for hydroxylation is 1. The van der Waals surface area contributed by atoms with E-state index in [1.165, 1.54) is 12.0 Å². The van der Waals surface area contributed by atoms with Gasteiger partial charge in [-0.2, -0.15) is 0 Å². The van der Waals surface area contributed by atoms with Crippen LogP contribution in [0.3, 0.4) is 0 Å². The molecule has 182 valence electrons. The molecule has 3 aliphatic rings. The van der Waals surface area contributed by atoms with Gasteiger partial charge in [0.2, 0.25) is 21.8 Å². The van der Waals surface area contributed by atoms with Crippen molar-refractivity contribution in [3.05, 3.63) is 34.3 Å². The molecule has 0 radical (unpaired) electrons. The SMILES string of the molecule is COC[C@@H](C(=O)N1CCOCC1)N1CC[C@H](NS(=O)(=O)CC2CCc3cc(Cl)ccc32)C1=O. The molecule has 1 aliphatic carbocycles. The number of nitrogens with zero attached hydrogens (tertiary/aromatic N) is 2. The first-order chi connectivity index (χ1) is 15.8. The van der Waals surface area contributed by atoms with Crippen LogP contribution in [-0.2, 0) is 35.5 Å². The Morgan fingerprint density at radius 1 is 1.27 bits per heavy atom. The minimum absolute atomic E-state index is 0.0584. The Bertz CT molecular complexity index is 998. The molecule has 9 nitrogen and oxygen atoms in total. The number of nitrogens with one attached hydrogen (secondary N) is 1. The predicted octanol–water partition coefficient (Wildman–Crippen LogP) is 0.764. The van der Waals surface area contributed by atoms with Crippen molar-refractivity contribution in [1.29, 1.82) is 0 Å². The van der Waals surface area contributed by atoms with Gasteiger partial charge in [0.25, 0.3) is 0 Å². The van der Waals surface area contributed by atoms with Gasteiger partial charge in [-0.3, -0.25) is 9.59 Å². The topological polar surface area (TPSA) is 105 Å². The summed E-state index contributed by atoms with van der Waals surface area (Å²) in [6, 6.07) is 3.90. The van der Waals surface area contributed by atoms with Crippen molar-refractivity contribution in [1.82, 2.24) is 14.5 Å². The van der Waals surface area contributed by atoms with Crippen molar-refractivity contribution in [3.63, 3.8) is 0 Å². The number of fused-ring (bicyclic) bond motifs is 1. The smallest absolute Gasteiger partial charge is 0.247 e. The van der Waals surface area contributed by atoms with E-state index in [4.69, 9.17) is 21.1 Å². The number of hydrogen-bond donors (Lipinski definition) is 1. The summed E-state index contributed by atoms with van der Waals surface area (Å²) in [4.78, 5) is 29.2. The van der Waals surface area contributed by atoms with E-state index in [1.54, 1.807) is 11.0 Å². The standard InChI is InChI=1S/C22H30ClN3O6S/c1-31-13-20(22(28)25-8-10-32-11-9-25)26-7-6-19(21(26)27)24-33(29,30)14-16-3-2-15-12-17(23)4-5-18(15)16/h4-5,12,16,19-20,24H,2-3,6-11,13-14H2,1H3/t16?,19-,20-/m0/s1. The van der Waals surface area contributed by atoms with E-state index < -0.39 is 22.1 Å². The van der Waals surface area contributed by atoms with Crippen LogP contribution in [-0.4, -0.2) is 94.4 Å². The number of ether oxygens (including phenoxy) is 2. The van der Waals surface area contributed by atoms with Crippen LogP contribution < -0.4 is 4.72 Å². The summed E-state index contributed by atoms with van der Waals surface area (Å²) in [6.45, 7) is 2.19. The number of hydrogen-bond acceptors (Lipinski definition) is 6. The highest BCUT2D eigenvalue weighted by Crippen LogP contribution is 2.35. The Morgan fingerprint density at radius 2 is 2.03 bits per heavy atom. The van der Waals surface area contributed by atoms with Crippen LogP contribution in [0.4, 0.5) is 0 Å². The van der Waals surface area contributed by atoms with Gasteiger partial charge in [0, 0.05) is 31.8 Å². The minimum Gasteiger partial charge on any atom is -0.382 e. The quantitative estimate of drug-likeness (QED) is 0.566. The van der Waals surface area contributed by atoms with E-state index >= 15 is 0 Å². The highest BCUT2D eigenvalue weighted by atomic mass is 35.5. The van der Waals surface area contributed by atoms with E-state index in [0.717, 1.165) is 24.0 Å². The van der Waals surface area contributed by atoms with Crippen molar-refractivity contribution in [3.8, 4) is 0 Å². The Labute approximate surface area is 199 Å². The molecule has 1 aromatic rings. The number of benzene rings is 1. The summed E-state index contributed by atoms with van der Waals surface area (Å²) in [7, 11) is -2.23. The largest absolute Gasteiger partial charge is 0.382 e. The molecule has 33 heavy (non-hydrogen) atoms. The van der Waals surface area contributed by atoms with E-state index in [2.05, 4.69) is 4.72 Å². The van der Waals surface area contributed by atoms with Crippen LogP contribution in [0.5, 0.6) is 0 Å². The lowest BCUT2D eigenvalue weighted by Gasteiger charge is -2.34. The van der Waals surface area contributed by atoms with Crippen molar-refractivity contribution in [2.24, 2.45) is 0 Å². The molecule has 0 aromatic heterocycles. The van der Waals surface area contributed by atoms with Crippen LogP contribution >= 0.6 is 11.6 Å². The zero-order valence-electron chi connectivity index (χ0n) is 18.7. The average Bonchev–Trinajstić information content (AvgIpc) is 3.34. The molecule has 1 aromatic carbocycles. The molecule has 3 atom stereocenters. The van der Waals surface area contributed by atoms with Gasteiger partial charge in [-0.15, -0.1) is 0 Å². The molecule has 11 heteroatoms. The van der Waals surface area contributed by atoms with Crippen LogP contribution in [0.25, 0.3) is 0 Å². The number of halogens is 1. The normalized spacial score (nSPS) is 24.2. The van der Waals surface area contributed by atoms with Crippen molar-refractivity contribution in [2.75, 3.05) is 52.3 Å². The Balaban J connectivity index is 1.40. The van der Waals surface area contributed by atoms with Gasteiger partial charge in [-0.25, -0.2) is 13.1 Å². The zero-order chi connectivity index (χ0) is 23.6. The second-order valence-electron chi connectivity index (χ2n) is 8.76. The van der Waals surface area contributed by atoms with Gasteiger partial charge >= 0.3 is 0 Å². The lowest BCUT2D eigenvalue weighted by molar-refractivity contribution is -0.148. The second-order valence-corrected chi connectivity index (χ2v) is 11.0. The minimum atomic E-state index is -3.71. The number of rotatable bonds is 8. The molecule has 1 N–H and O–H groups in total. The molecule has 0 bridgehead atoms. The van der Waals surface area contributed by atoms with E-state index in [1.807, 2.05) is 12.1 Å². The molecule has 2 fully saturated rings. The molecule has 2 aliphatic heterocycles. The van der Waals surface area contributed by atoms with E-state index in [9.17, 15) is 18.0 Å². The highest BCUT2D eigenvalue weighted by Gasteiger charge is 2.42. The first kappa shape index (κ1) is 24.4. The zero-order valence-corrected chi connectivity index (χ0v) is 20.2. The lowest BCUT2D eigenvalue weighted by Crippen LogP contribution is -2.55. The van der Waals surface area contributed by atoms with Gasteiger partial charge < -0.3 is 19.3 Å². The van der Waals surface area contributed by atoms with Gasteiger partial charge in [-0.1, -0.05) is 17.7 Å². The molecule has 2 amide bonds. The molecular weight excluding hydrogens is 470 g/mol. The molecule has 4 rings (SSSR count). The second kappa shape index (κ2) is 10.3. The fourth-order valence-corrected chi connectivity index (χ4v) is 6.76. The Hall–Kier alpha value is -1.72. The maximum Gasteiger partial charge on any atom is 0.247 e. The number of carbonyl (C=O) groups excluding carboxylic acids is 2. The molecule has 0 saturated carbocycles. The number of methoxy groups -OCH3 is 1. The van der Waals surface area contributed by atoms with Gasteiger partial charge in [0.05, 0.1) is 25.6 Å². The molecular formula is C22H30ClN3O6S. The third-order valence-corrected chi connectivity index (χ3v) is 8.32. The van der Waals surface area contributed by atoms with Gasteiger partial charge in [0.1, 0.15) is 12.1 Å². The molecule has 2 heterocycles. The fourth-order valence-electron chi connectivity index (χ4n) is 4.94. The van der Waals surface area contributed by atoms with Crippen molar-refractivity contribution >= 4 is 33.4 Å². The number of carbonyl (C=O) groups is 2. The lowest BCUT2D eigenvalue weighted by atomic mass is 10.0. The van der Waals surface area contributed by atoms with E-state index in [-0.39, 0.29) is 30.1 Å². The van der Waals surface area contributed by atoms with Crippen LogP contribution in [0, 0.1) is 0 Å². The summed E-state index contributed by atoms with van der Waals surface area (Å²) in [5.74, 6) is -0.801. The fraction of sp³-hybridized carbons (Fsp3) is 0.636. The third kappa shape index (κ3) is 5.51.